The van der Waals surface area contributed by atoms with Gasteiger partial charge in [-0.15, -0.1) is 0 Å². The number of ether oxygens (including phenoxy) is 1. The second kappa shape index (κ2) is 4.80. The Morgan fingerprint density at radius 1 is 1.21 bits per heavy atom. The van der Waals surface area contributed by atoms with Crippen molar-refractivity contribution in [2.24, 2.45) is 4.99 Å². The van der Waals surface area contributed by atoms with Gasteiger partial charge in [0.2, 0.25) is 0 Å². The van der Waals surface area contributed by atoms with Gasteiger partial charge in [-0.05, 0) is 50.6 Å². The third-order valence-electron chi connectivity index (χ3n) is 1.96. The third-order valence-corrected chi connectivity index (χ3v) is 1.96. The van der Waals surface area contributed by atoms with E-state index in [1.54, 1.807) is 7.11 Å². The van der Waals surface area contributed by atoms with Crippen molar-refractivity contribution in [3.05, 3.63) is 29.8 Å². The molecule has 2 heteroatoms. The summed E-state index contributed by atoms with van der Waals surface area (Å²) >= 11 is 0. The predicted octanol–water partition coefficient (Wildman–Crippen LogP) is 2.91. The topological polar surface area (TPSA) is 21.6 Å². The summed E-state index contributed by atoms with van der Waals surface area (Å²) in [5, 5.41) is 0. The molecule has 0 radical (unpaired) electrons. The summed E-state index contributed by atoms with van der Waals surface area (Å²) in [5.41, 5.74) is 2.22. The fourth-order valence-electron chi connectivity index (χ4n) is 1.29. The van der Waals surface area contributed by atoms with Crippen molar-refractivity contribution in [2.75, 3.05) is 7.11 Å². The Balaban J connectivity index is 2.86. The van der Waals surface area contributed by atoms with Gasteiger partial charge in [-0.1, -0.05) is 0 Å². The molecule has 1 rings (SSSR count). The van der Waals surface area contributed by atoms with Gasteiger partial charge in [-0.3, -0.25) is 4.99 Å². The summed E-state index contributed by atoms with van der Waals surface area (Å²) in [7, 11) is 1.67. The number of benzene rings is 1. The zero-order valence-corrected chi connectivity index (χ0v) is 9.24. The normalized spacial score (nSPS) is 11.9. The lowest BCUT2D eigenvalue weighted by molar-refractivity contribution is 0.415. The maximum atomic E-state index is 5.09. The summed E-state index contributed by atoms with van der Waals surface area (Å²) in [5.74, 6) is 0.881. The van der Waals surface area contributed by atoms with Gasteiger partial charge in [0.25, 0.3) is 0 Å². The van der Waals surface area contributed by atoms with Crippen LogP contribution in [-0.4, -0.2) is 18.9 Å². The van der Waals surface area contributed by atoms with Crippen molar-refractivity contribution in [2.45, 2.75) is 26.8 Å². The van der Waals surface area contributed by atoms with Crippen LogP contribution in [0.3, 0.4) is 0 Å². The van der Waals surface area contributed by atoms with Gasteiger partial charge in [0, 0.05) is 11.8 Å². The lowest BCUT2D eigenvalue weighted by Gasteiger charge is -2.04. The minimum atomic E-state index is 0.345. The second-order valence-corrected chi connectivity index (χ2v) is 3.54. The number of hydrogen-bond acceptors (Lipinski definition) is 2. The van der Waals surface area contributed by atoms with Crippen LogP contribution in [0.2, 0.25) is 0 Å². The zero-order chi connectivity index (χ0) is 10.6. The maximum absolute atomic E-state index is 5.09. The summed E-state index contributed by atoms with van der Waals surface area (Å²) in [6, 6.07) is 8.31. The molecule has 0 bridgehead atoms. The Labute approximate surface area is 85.6 Å². The van der Waals surface area contributed by atoms with Crippen LogP contribution >= 0.6 is 0 Å². The molecule has 0 fully saturated rings. The lowest BCUT2D eigenvalue weighted by Crippen LogP contribution is -2.00. The number of nitrogens with zero attached hydrogens (tertiary/aromatic N) is 1. The molecule has 0 saturated carbocycles. The van der Waals surface area contributed by atoms with E-state index in [9.17, 15) is 0 Å². The molecule has 1 aromatic carbocycles. The molecule has 0 aliphatic rings. The van der Waals surface area contributed by atoms with Gasteiger partial charge >= 0.3 is 0 Å². The summed E-state index contributed by atoms with van der Waals surface area (Å²) in [4.78, 5) is 4.48. The van der Waals surface area contributed by atoms with Crippen LogP contribution in [0.1, 0.15) is 26.3 Å². The Hall–Kier alpha value is -1.31. The second-order valence-electron chi connectivity index (χ2n) is 3.54. The van der Waals surface area contributed by atoms with Crippen LogP contribution in [0, 0.1) is 0 Å². The van der Waals surface area contributed by atoms with E-state index in [4.69, 9.17) is 4.74 Å². The fraction of sp³-hybridized carbons (Fsp3) is 0.417. The molecule has 0 N–H and O–H groups in total. The van der Waals surface area contributed by atoms with Gasteiger partial charge in [0.15, 0.2) is 0 Å². The molecule has 1 aromatic rings. The quantitative estimate of drug-likeness (QED) is 0.673. The number of aliphatic imine (C=N–C) groups is 1. The Bertz CT molecular complexity index is 312. The van der Waals surface area contributed by atoms with Gasteiger partial charge < -0.3 is 4.74 Å². The highest BCUT2D eigenvalue weighted by atomic mass is 16.5. The number of rotatable bonds is 3. The highest BCUT2D eigenvalue weighted by Crippen LogP contribution is 2.12. The highest BCUT2D eigenvalue weighted by molar-refractivity contribution is 5.98. The zero-order valence-electron chi connectivity index (χ0n) is 9.24. The first-order valence-corrected chi connectivity index (χ1v) is 4.82. The van der Waals surface area contributed by atoms with Crippen LogP contribution in [0.4, 0.5) is 0 Å². The summed E-state index contributed by atoms with van der Waals surface area (Å²) in [6.07, 6.45) is 0. The average Bonchev–Trinajstić information content (AvgIpc) is 2.17. The first kappa shape index (κ1) is 10.8. The third kappa shape index (κ3) is 2.87. The molecular weight excluding hydrogens is 174 g/mol. The van der Waals surface area contributed by atoms with Gasteiger partial charge in [0.05, 0.1) is 7.11 Å². The van der Waals surface area contributed by atoms with E-state index in [0.717, 1.165) is 17.0 Å². The SMILES string of the molecule is COc1ccc(C(C)=NC(C)C)cc1. The molecule has 0 heterocycles. The van der Waals surface area contributed by atoms with Crippen molar-refractivity contribution >= 4 is 5.71 Å². The minimum Gasteiger partial charge on any atom is -0.497 e. The molecule has 14 heavy (non-hydrogen) atoms. The van der Waals surface area contributed by atoms with Gasteiger partial charge in [-0.2, -0.15) is 0 Å². The predicted molar refractivity (Wildman–Crippen MR) is 60.3 cm³/mol. The number of methoxy groups -OCH3 is 1. The summed E-state index contributed by atoms with van der Waals surface area (Å²) in [6.45, 7) is 6.18. The van der Waals surface area contributed by atoms with Crippen molar-refractivity contribution < 1.29 is 4.74 Å². The Kier molecular flexibility index (Phi) is 3.69. The monoisotopic (exact) mass is 191 g/mol. The van der Waals surface area contributed by atoms with Crippen molar-refractivity contribution in [1.29, 1.82) is 0 Å². The van der Waals surface area contributed by atoms with Crippen LogP contribution in [0.15, 0.2) is 29.3 Å². The van der Waals surface area contributed by atoms with Gasteiger partial charge in [0.1, 0.15) is 5.75 Å². The fourth-order valence-corrected chi connectivity index (χ4v) is 1.29. The van der Waals surface area contributed by atoms with Crippen LogP contribution in [-0.2, 0) is 0 Å². The van der Waals surface area contributed by atoms with Crippen LogP contribution < -0.4 is 4.74 Å². The first-order valence-electron chi connectivity index (χ1n) is 4.82. The van der Waals surface area contributed by atoms with E-state index in [1.165, 1.54) is 0 Å². The molecule has 0 aliphatic carbocycles. The number of hydrogen-bond donors (Lipinski definition) is 0. The molecule has 76 valence electrons. The van der Waals surface area contributed by atoms with E-state index in [1.807, 2.05) is 31.2 Å². The molecule has 0 amide bonds. The minimum absolute atomic E-state index is 0.345. The molecule has 2 nitrogen and oxygen atoms in total. The van der Waals surface area contributed by atoms with Crippen molar-refractivity contribution in [1.82, 2.24) is 0 Å². The Morgan fingerprint density at radius 3 is 2.21 bits per heavy atom. The van der Waals surface area contributed by atoms with Crippen LogP contribution in [0.5, 0.6) is 5.75 Å². The van der Waals surface area contributed by atoms with Crippen LogP contribution in [0.25, 0.3) is 0 Å². The van der Waals surface area contributed by atoms with Gasteiger partial charge in [-0.25, -0.2) is 0 Å². The molecule has 0 spiro atoms. The van der Waals surface area contributed by atoms with E-state index >= 15 is 0 Å². The lowest BCUT2D eigenvalue weighted by atomic mass is 10.1. The molecular formula is C12H17NO. The first-order chi connectivity index (χ1) is 6.63. The molecule has 0 aliphatic heterocycles. The highest BCUT2D eigenvalue weighted by Gasteiger charge is 1.98. The van der Waals surface area contributed by atoms with E-state index in [0.29, 0.717) is 6.04 Å². The van der Waals surface area contributed by atoms with E-state index < -0.39 is 0 Å². The largest absolute Gasteiger partial charge is 0.497 e. The Morgan fingerprint density at radius 2 is 1.79 bits per heavy atom. The van der Waals surface area contributed by atoms with Crippen molar-refractivity contribution in [3.63, 3.8) is 0 Å². The molecule has 0 atom stereocenters. The standard InChI is InChI=1S/C12H17NO/c1-9(2)13-10(3)11-5-7-12(14-4)8-6-11/h5-9H,1-4H3. The molecule has 0 unspecified atom stereocenters. The maximum Gasteiger partial charge on any atom is 0.118 e. The van der Waals surface area contributed by atoms with E-state index in [2.05, 4.69) is 18.8 Å². The molecule has 0 saturated heterocycles. The molecule has 0 aromatic heterocycles. The smallest absolute Gasteiger partial charge is 0.118 e. The average molecular weight is 191 g/mol. The van der Waals surface area contributed by atoms with E-state index in [-0.39, 0.29) is 0 Å². The summed E-state index contributed by atoms with van der Waals surface area (Å²) < 4.78 is 5.09. The van der Waals surface area contributed by atoms with Crippen molar-refractivity contribution in [3.8, 4) is 5.75 Å².